The first kappa shape index (κ1) is 20.6. The Balaban J connectivity index is 0.00000240. The topological polar surface area (TPSA) is 55.1 Å². The number of pyridine rings is 1. The highest BCUT2D eigenvalue weighted by Crippen LogP contribution is 2.27. The summed E-state index contributed by atoms with van der Waals surface area (Å²) in [7, 11) is 0. The molecule has 29 heavy (non-hydrogen) atoms. The Labute approximate surface area is 176 Å². The second-order valence-corrected chi connectivity index (χ2v) is 6.97. The van der Waals surface area contributed by atoms with Gasteiger partial charge in [0.2, 0.25) is 0 Å². The number of carbonyl (C=O) groups is 1. The van der Waals surface area contributed by atoms with Gasteiger partial charge >= 0.3 is 5.97 Å². The predicted octanol–water partition coefficient (Wildman–Crippen LogP) is 5.25. The molecule has 2 aromatic heterocycles. The first-order valence-corrected chi connectivity index (χ1v) is 9.50. The Morgan fingerprint density at radius 2 is 1.76 bits per heavy atom. The van der Waals surface area contributed by atoms with E-state index in [1.54, 1.807) is 6.20 Å². The molecular formula is C24H23ClN2O2. The molecule has 0 saturated heterocycles. The summed E-state index contributed by atoms with van der Waals surface area (Å²) in [4.78, 5) is 15.2. The molecule has 0 amide bonds. The lowest BCUT2D eigenvalue weighted by molar-refractivity contribution is -0.136. The molecule has 5 heteroatoms. The minimum Gasteiger partial charge on any atom is -0.481 e. The summed E-state index contributed by atoms with van der Waals surface area (Å²) in [5.74, 6) is -0.766. The Kier molecular flexibility index (Phi) is 6.68. The fourth-order valence-corrected chi connectivity index (χ4v) is 3.58. The Bertz CT molecular complexity index is 1090. The zero-order valence-electron chi connectivity index (χ0n) is 16.0. The minimum atomic E-state index is -0.766. The van der Waals surface area contributed by atoms with E-state index in [2.05, 4.69) is 52.1 Å². The van der Waals surface area contributed by atoms with Gasteiger partial charge in [0.25, 0.3) is 0 Å². The lowest BCUT2D eigenvalue weighted by Crippen LogP contribution is -1.97. The number of benzene rings is 2. The van der Waals surface area contributed by atoms with E-state index in [0.29, 0.717) is 6.42 Å². The van der Waals surface area contributed by atoms with E-state index in [-0.39, 0.29) is 18.8 Å². The molecular weight excluding hydrogens is 384 g/mol. The van der Waals surface area contributed by atoms with Crippen molar-refractivity contribution >= 4 is 29.3 Å². The van der Waals surface area contributed by atoms with E-state index in [1.165, 1.54) is 16.5 Å². The van der Waals surface area contributed by atoms with Crippen molar-refractivity contribution in [1.82, 2.24) is 9.55 Å². The van der Waals surface area contributed by atoms with Crippen molar-refractivity contribution in [2.75, 3.05) is 0 Å². The van der Waals surface area contributed by atoms with Gasteiger partial charge in [0.1, 0.15) is 0 Å². The normalized spacial score (nSPS) is 10.6. The molecule has 4 aromatic rings. The highest BCUT2D eigenvalue weighted by molar-refractivity contribution is 5.86. The summed E-state index contributed by atoms with van der Waals surface area (Å²) in [6.45, 7) is 0. The van der Waals surface area contributed by atoms with E-state index in [0.717, 1.165) is 29.6 Å². The number of nitrogens with zero attached hydrogens (tertiary/aromatic N) is 2. The largest absolute Gasteiger partial charge is 0.481 e. The summed E-state index contributed by atoms with van der Waals surface area (Å²) >= 11 is 0. The molecule has 2 aromatic carbocycles. The van der Waals surface area contributed by atoms with Crippen LogP contribution in [0, 0.1) is 0 Å². The van der Waals surface area contributed by atoms with E-state index in [9.17, 15) is 4.79 Å². The van der Waals surface area contributed by atoms with Gasteiger partial charge in [-0.05, 0) is 60.2 Å². The summed E-state index contributed by atoms with van der Waals surface area (Å²) in [6, 6.07) is 20.7. The van der Waals surface area contributed by atoms with Crippen LogP contribution in [0.1, 0.15) is 23.1 Å². The van der Waals surface area contributed by atoms with Crippen molar-refractivity contribution in [3.8, 4) is 5.69 Å². The molecule has 0 bridgehead atoms. The number of hydrogen-bond acceptors (Lipinski definition) is 2. The molecule has 4 rings (SSSR count). The fraction of sp³-hybridized carbons (Fsp3) is 0.167. The van der Waals surface area contributed by atoms with Crippen LogP contribution in [0.4, 0.5) is 0 Å². The SMILES string of the molecule is Cl.O=C(O)CCc1ccc2c(c1)c(CCc1ccccc1)cn2-c1cccnc1. The standard InChI is InChI=1S/C24H22N2O2.ClH/c27-24(28)13-10-19-9-12-23-22(15-19)20(11-8-18-5-2-1-3-6-18)17-26(23)21-7-4-14-25-16-21;/h1-7,9,12,14-17H,8,10-11,13H2,(H,27,28);1H. The summed E-state index contributed by atoms with van der Waals surface area (Å²) in [6.07, 6.45) is 8.40. The zero-order chi connectivity index (χ0) is 19.3. The Hall–Kier alpha value is -3.11. The second-order valence-electron chi connectivity index (χ2n) is 6.97. The van der Waals surface area contributed by atoms with Gasteiger partial charge in [-0.2, -0.15) is 0 Å². The summed E-state index contributed by atoms with van der Waals surface area (Å²) < 4.78 is 2.17. The molecule has 0 fully saturated rings. The minimum absolute atomic E-state index is 0. The number of halogens is 1. The number of hydrogen-bond donors (Lipinski definition) is 1. The second kappa shape index (κ2) is 9.39. The zero-order valence-corrected chi connectivity index (χ0v) is 16.8. The summed E-state index contributed by atoms with van der Waals surface area (Å²) in [5.41, 5.74) is 5.78. The van der Waals surface area contributed by atoms with Gasteiger partial charge in [-0.25, -0.2) is 0 Å². The van der Waals surface area contributed by atoms with E-state index in [4.69, 9.17) is 5.11 Å². The highest BCUT2D eigenvalue weighted by Gasteiger charge is 2.12. The number of aromatic nitrogens is 2. The number of aryl methyl sites for hydroxylation is 3. The van der Waals surface area contributed by atoms with Gasteiger partial charge in [0, 0.05) is 24.2 Å². The highest BCUT2D eigenvalue weighted by atomic mass is 35.5. The van der Waals surface area contributed by atoms with Crippen molar-refractivity contribution in [2.24, 2.45) is 0 Å². The van der Waals surface area contributed by atoms with Crippen LogP contribution in [-0.4, -0.2) is 20.6 Å². The molecule has 0 radical (unpaired) electrons. The first-order chi connectivity index (χ1) is 13.7. The lowest BCUT2D eigenvalue weighted by atomic mass is 10.0. The van der Waals surface area contributed by atoms with E-state index < -0.39 is 5.97 Å². The molecule has 0 aliphatic carbocycles. The molecule has 0 aliphatic rings. The van der Waals surface area contributed by atoms with Gasteiger partial charge < -0.3 is 9.67 Å². The van der Waals surface area contributed by atoms with Crippen molar-refractivity contribution in [2.45, 2.75) is 25.7 Å². The quantitative estimate of drug-likeness (QED) is 0.456. The Morgan fingerprint density at radius 1 is 0.931 bits per heavy atom. The first-order valence-electron chi connectivity index (χ1n) is 9.50. The van der Waals surface area contributed by atoms with E-state index >= 15 is 0 Å². The van der Waals surface area contributed by atoms with Gasteiger partial charge in [-0.15, -0.1) is 12.4 Å². The van der Waals surface area contributed by atoms with Crippen LogP contribution in [0.5, 0.6) is 0 Å². The maximum atomic E-state index is 10.9. The molecule has 148 valence electrons. The van der Waals surface area contributed by atoms with Crippen molar-refractivity contribution in [3.63, 3.8) is 0 Å². The van der Waals surface area contributed by atoms with Crippen LogP contribution in [0.25, 0.3) is 16.6 Å². The smallest absolute Gasteiger partial charge is 0.303 e. The molecule has 1 N–H and O–H groups in total. The predicted molar refractivity (Wildman–Crippen MR) is 118 cm³/mol. The van der Waals surface area contributed by atoms with Crippen LogP contribution in [-0.2, 0) is 24.1 Å². The van der Waals surface area contributed by atoms with E-state index in [1.807, 2.05) is 30.5 Å². The molecule has 0 spiro atoms. The van der Waals surface area contributed by atoms with Crippen molar-refractivity contribution in [1.29, 1.82) is 0 Å². The van der Waals surface area contributed by atoms with Crippen molar-refractivity contribution in [3.05, 3.63) is 95.9 Å². The van der Waals surface area contributed by atoms with Crippen LogP contribution in [0.15, 0.2) is 79.3 Å². The molecule has 0 aliphatic heterocycles. The number of aliphatic carboxylic acids is 1. The average molecular weight is 407 g/mol. The van der Waals surface area contributed by atoms with Crippen LogP contribution in [0.2, 0.25) is 0 Å². The van der Waals surface area contributed by atoms with Crippen molar-refractivity contribution < 1.29 is 9.90 Å². The number of fused-ring (bicyclic) bond motifs is 1. The van der Waals surface area contributed by atoms with Crippen LogP contribution < -0.4 is 0 Å². The molecule has 4 nitrogen and oxygen atoms in total. The molecule has 0 atom stereocenters. The third-order valence-electron chi connectivity index (χ3n) is 5.03. The Morgan fingerprint density at radius 3 is 2.48 bits per heavy atom. The number of rotatable bonds is 7. The number of carboxylic acids is 1. The maximum absolute atomic E-state index is 10.9. The summed E-state index contributed by atoms with van der Waals surface area (Å²) in [5, 5.41) is 10.2. The molecule has 0 saturated carbocycles. The average Bonchev–Trinajstić information content (AvgIpc) is 3.10. The lowest BCUT2D eigenvalue weighted by Gasteiger charge is -2.05. The van der Waals surface area contributed by atoms with Gasteiger partial charge in [-0.3, -0.25) is 9.78 Å². The maximum Gasteiger partial charge on any atom is 0.303 e. The third-order valence-corrected chi connectivity index (χ3v) is 5.03. The van der Waals surface area contributed by atoms with Gasteiger partial charge in [-0.1, -0.05) is 36.4 Å². The van der Waals surface area contributed by atoms with Crippen LogP contribution in [0.3, 0.4) is 0 Å². The molecule has 2 heterocycles. The fourth-order valence-electron chi connectivity index (χ4n) is 3.58. The third kappa shape index (κ3) is 4.84. The van der Waals surface area contributed by atoms with Gasteiger partial charge in [0.15, 0.2) is 0 Å². The molecule has 0 unspecified atom stereocenters. The monoisotopic (exact) mass is 406 g/mol. The van der Waals surface area contributed by atoms with Crippen LogP contribution >= 0.6 is 12.4 Å². The number of carboxylic acid groups (broad SMARTS) is 1. The van der Waals surface area contributed by atoms with Gasteiger partial charge in [0.05, 0.1) is 17.4 Å².